The molecule has 0 heterocycles. The summed E-state index contributed by atoms with van der Waals surface area (Å²) in [5, 5.41) is 0. The monoisotopic (exact) mass is 338 g/mol. The van der Waals surface area contributed by atoms with Gasteiger partial charge in [-0.1, -0.05) is 98.9 Å². The molecule has 0 aliphatic rings. The Morgan fingerprint density at radius 1 is 0.435 bits per heavy atom. The summed E-state index contributed by atoms with van der Waals surface area (Å²) in [7, 11) is -0.0895. The van der Waals surface area contributed by atoms with Crippen LogP contribution in [0.4, 0.5) is 0 Å². The Morgan fingerprint density at radius 2 is 0.696 bits per heavy atom. The van der Waals surface area contributed by atoms with E-state index in [0.29, 0.717) is 0 Å². The second kappa shape index (κ2) is 9.61. The maximum Gasteiger partial charge on any atom is -0.00671 e. The first-order valence-electron chi connectivity index (χ1n) is 7.74. The van der Waals surface area contributed by atoms with Gasteiger partial charge in [0.25, 0.3) is 0 Å². The Labute approximate surface area is 144 Å². The zero-order valence-electron chi connectivity index (χ0n) is 13.4. The molecule has 0 amide bonds. The van der Waals surface area contributed by atoms with Crippen molar-refractivity contribution in [2.24, 2.45) is 0 Å². The van der Waals surface area contributed by atoms with Gasteiger partial charge in [0.2, 0.25) is 0 Å². The molecule has 1 atom stereocenters. The second-order valence-corrected chi connectivity index (χ2v) is 7.89. The van der Waals surface area contributed by atoms with Crippen LogP contribution in [-0.2, 0) is 18.5 Å². The molecule has 0 N–H and O–H groups in total. The SMILES string of the molecule is P.c1ccc(CP(Cc2ccccc2)Cc2ccccc2)cc1. The number of rotatable bonds is 6. The molecule has 0 bridgehead atoms. The molecule has 2 heteroatoms. The summed E-state index contributed by atoms with van der Waals surface area (Å²) in [4.78, 5) is 0. The minimum absolute atomic E-state index is 0. The van der Waals surface area contributed by atoms with E-state index in [9.17, 15) is 0 Å². The third kappa shape index (κ3) is 5.91. The first-order chi connectivity index (χ1) is 10.9. The zero-order chi connectivity index (χ0) is 15.0. The van der Waals surface area contributed by atoms with E-state index < -0.39 is 0 Å². The van der Waals surface area contributed by atoms with Crippen LogP contribution in [0.15, 0.2) is 91.0 Å². The van der Waals surface area contributed by atoms with Crippen LogP contribution >= 0.6 is 17.8 Å². The molecule has 3 aromatic rings. The van der Waals surface area contributed by atoms with E-state index in [4.69, 9.17) is 0 Å². The molecule has 1 unspecified atom stereocenters. The van der Waals surface area contributed by atoms with Crippen LogP contribution < -0.4 is 0 Å². The van der Waals surface area contributed by atoms with Gasteiger partial charge in [0.15, 0.2) is 0 Å². The first kappa shape index (κ1) is 17.9. The van der Waals surface area contributed by atoms with Crippen molar-refractivity contribution in [3.05, 3.63) is 108 Å². The summed E-state index contributed by atoms with van der Waals surface area (Å²) in [6.45, 7) is 0. The van der Waals surface area contributed by atoms with Gasteiger partial charge in [-0.25, -0.2) is 0 Å². The molecule has 0 saturated carbocycles. The fraction of sp³-hybridized carbons (Fsp3) is 0.143. The van der Waals surface area contributed by atoms with Crippen LogP contribution in [0.5, 0.6) is 0 Å². The molecule has 0 nitrogen and oxygen atoms in total. The van der Waals surface area contributed by atoms with Gasteiger partial charge in [0, 0.05) is 0 Å². The van der Waals surface area contributed by atoms with Crippen molar-refractivity contribution in [2.75, 3.05) is 0 Å². The van der Waals surface area contributed by atoms with Crippen molar-refractivity contribution in [1.82, 2.24) is 0 Å². The highest BCUT2D eigenvalue weighted by Gasteiger charge is 2.11. The van der Waals surface area contributed by atoms with Crippen LogP contribution in [0.2, 0.25) is 0 Å². The molecule has 3 aromatic carbocycles. The molecular weight excluding hydrogens is 314 g/mol. The highest BCUT2D eigenvalue weighted by molar-refractivity contribution is 7.55. The molecule has 23 heavy (non-hydrogen) atoms. The smallest absolute Gasteiger partial charge is 0.00671 e. The van der Waals surface area contributed by atoms with Gasteiger partial charge in [0.05, 0.1) is 0 Å². The van der Waals surface area contributed by atoms with Gasteiger partial charge in [-0.2, -0.15) is 9.90 Å². The first-order valence-corrected chi connectivity index (χ1v) is 9.64. The molecule has 0 saturated heterocycles. The molecule has 0 fully saturated rings. The largest absolute Gasteiger partial charge is 0.153 e. The highest BCUT2D eigenvalue weighted by atomic mass is 31.1. The predicted octanol–water partition coefficient (Wildman–Crippen LogP) is 6.13. The summed E-state index contributed by atoms with van der Waals surface area (Å²) < 4.78 is 0. The minimum atomic E-state index is -0.0895. The van der Waals surface area contributed by atoms with Crippen LogP contribution in [0.25, 0.3) is 0 Å². The Hall–Kier alpha value is -1.48. The van der Waals surface area contributed by atoms with Crippen LogP contribution in [0.1, 0.15) is 16.7 Å². The fourth-order valence-corrected chi connectivity index (χ4v) is 5.21. The average molecular weight is 338 g/mol. The Bertz CT molecular complexity index is 567. The second-order valence-electron chi connectivity index (χ2n) is 5.60. The van der Waals surface area contributed by atoms with Crippen LogP contribution in [-0.4, -0.2) is 0 Å². The molecule has 0 radical (unpaired) electrons. The molecule has 0 aliphatic heterocycles. The van der Waals surface area contributed by atoms with E-state index in [-0.39, 0.29) is 17.8 Å². The van der Waals surface area contributed by atoms with Gasteiger partial charge in [-0.05, 0) is 35.2 Å². The lowest BCUT2D eigenvalue weighted by atomic mass is 10.2. The van der Waals surface area contributed by atoms with Gasteiger partial charge in [-0.15, -0.1) is 0 Å². The lowest BCUT2D eigenvalue weighted by Crippen LogP contribution is -1.93. The lowest BCUT2D eigenvalue weighted by molar-refractivity contribution is 1.26. The quantitative estimate of drug-likeness (QED) is 0.475. The zero-order valence-corrected chi connectivity index (χ0v) is 15.7. The molecule has 118 valence electrons. The lowest BCUT2D eigenvalue weighted by Gasteiger charge is -2.18. The summed E-state index contributed by atoms with van der Waals surface area (Å²) >= 11 is 0. The van der Waals surface area contributed by atoms with Crippen LogP contribution in [0, 0.1) is 0 Å². The van der Waals surface area contributed by atoms with E-state index in [1.807, 2.05) is 0 Å². The van der Waals surface area contributed by atoms with E-state index >= 15 is 0 Å². The summed E-state index contributed by atoms with van der Waals surface area (Å²) in [5.74, 6) is 0. The van der Waals surface area contributed by atoms with Crippen molar-refractivity contribution >= 4 is 17.8 Å². The Morgan fingerprint density at radius 3 is 0.957 bits per heavy atom. The van der Waals surface area contributed by atoms with Gasteiger partial charge >= 0.3 is 0 Å². The maximum atomic E-state index is 2.26. The van der Waals surface area contributed by atoms with E-state index in [2.05, 4.69) is 91.0 Å². The third-order valence-corrected chi connectivity index (χ3v) is 6.18. The topological polar surface area (TPSA) is 0 Å². The number of benzene rings is 3. The molecular formula is C21H24P2. The van der Waals surface area contributed by atoms with Crippen LogP contribution in [0.3, 0.4) is 0 Å². The van der Waals surface area contributed by atoms with Crippen molar-refractivity contribution in [2.45, 2.75) is 18.5 Å². The molecule has 0 aromatic heterocycles. The van der Waals surface area contributed by atoms with Crippen molar-refractivity contribution < 1.29 is 0 Å². The van der Waals surface area contributed by atoms with Gasteiger partial charge < -0.3 is 0 Å². The maximum absolute atomic E-state index is 2.26. The molecule has 0 aliphatic carbocycles. The summed E-state index contributed by atoms with van der Waals surface area (Å²) in [6, 6.07) is 32.7. The van der Waals surface area contributed by atoms with Gasteiger partial charge in [0.1, 0.15) is 0 Å². The molecule has 3 rings (SSSR count). The summed E-state index contributed by atoms with van der Waals surface area (Å²) in [5.41, 5.74) is 4.38. The fourth-order valence-electron chi connectivity index (χ4n) is 2.69. The Kier molecular flexibility index (Phi) is 7.47. The third-order valence-electron chi connectivity index (χ3n) is 3.75. The predicted molar refractivity (Wildman–Crippen MR) is 108 cm³/mol. The van der Waals surface area contributed by atoms with Gasteiger partial charge in [-0.3, -0.25) is 0 Å². The van der Waals surface area contributed by atoms with E-state index in [1.165, 1.54) is 35.2 Å². The van der Waals surface area contributed by atoms with Crippen molar-refractivity contribution in [1.29, 1.82) is 0 Å². The number of hydrogen-bond donors (Lipinski definition) is 0. The van der Waals surface area contributed by atoms with Crippen molar-refractivity contribution in [3.63, 3.8) is 0 Å². The van der Waals surface area contributed by atoms with E-state index in [1.54, 1.807) is 0 Å². The number of hydrogen-bond acceptors (Lipinski definition) is 0. The Balaban J connectivity index is 0.00000192. The highest BCUT2D eigenvalue weighted by Crippen LogP contribution is 2.46. The molecule has 0 spiro atoms. The minimum Gasteiger partial charge on any atom is -0.153 e. The van der Waals surface area contributed by atoms with Crippen molar-refractivity contribution in [3.8, 4) is 0 Å². The van der Waals surface area contributed by atoms with E-state index in [0.717, 1.165) is 0 Å². The normalized spacial score (nSPS) is 10.3. The standard InChI is InChI=1S/C21H21P.H3P/c1-4-10-19(11-5-1)16-22(17-20-12-6-2-7-13-20)18-21-14-8-3-9-15-21;/h1-15H,16-18H2;1H3. The average Bonchev–Trinajstić information content (AvgIpc) is 2.57. The summed E-state index contributed by atoms with van der Waals surface area (Å²) in [6.07, 6.45) is 3.58.